The minimum absolute atomic E-state index is 0.0983. The fraction of sp³-hybridized carbons (Fsp3) is 0.481. The van der Waals surface area contributed by atoms with Gasteiger partial charge in [0.2, 0.25) is 21.8 Å². The van der Waals surface area contributed by atoms with Crippen LogP contribution >= 0.6 is 11.6 Å². The molecule has 7 nitrogen and oxygen atoms in total. The lowest BCUT2D eigenvalue weighted by Crippen LogP contribution is -2.49. The Kier molecular flexibility index (Phi) is 11.7. The first-order valence-corrected chi connectivity index (χ1v) is 14.7. The summed E-state index contributed by atoms with van der Waals surface area (Å²) in [5.74, 6) is -0.420. The fourth-order valence-corrected chi connectivity index (χ4v) is 5.16. The number of benzene rings is 2. The zero-order valence-corrected chi connectivity index (χ0v) is 23.2. The minimum atomic E-state index is -3.53. The van der Waals surface area contributed by atoms with Crippen LogP contribution in [0.25, 0.3) is 0 Å². The van der Waals surface area contributed by atoms with Crippen LogP contribution in [0.2, 0.25) is 5.02 Å². The fourth-order valence-electron chi connectivity index (χ4n) is 4.00. The SMILES string of the molecule is CCCNC(=O)[C@@H](CC)N(Cc1ccccc1Cl)C(=O)CCCN(c1ccc(CC)cc1)S(C)(=O)=O. The van der Waals surface area contributed by atoms with E-state index in [0.29, 0.717) is 30.1 Å². The first kappa shape index (κ1) is 29.6. The lowest BCUT2D eigenvalue weighted by atomic mass is 10.1. The molecule has 0 fully saturated rings. The first-order valence-electron chi connectivity index (χ1n) is 12.5. The van der Waals surface area contributed by atoms with Gasteiger partial charge < -0.3 is 10.2 Å². The molecule has 0 heterocycles. The molecule has 198 valence electrons. The van der Waals surface area contributed by atoms with Crippen LogP contribution < -0.4 is 9.62 Å². The van der Waals surface area contributed by atoms with Gasteiger partial charge in [-0.25, -0.2) is 8.42 Å². The summed E-state index contributed by atoms with van der Waals surface area (Å²) in [6.07, 6.45) is 3.68. The number of nitrogens with zero attached hydrogens (tertiary/aromatic N) is 2. The Morgan fingerprint density at radius 3 is 2.25 bits per heavy atom. The van der Waals surface area contributed by atoms with Gasteiger partial charge in [0.15, 0.2) is 0 Å². The van der Waals surface area contributed by atoms with Gasteiger partial charge in [0.05, 0.1) is 11.9 Å². The number of nitrogens with one attached hydrogen (secondary N) is 1. The molecule has 0 aliphatic carbocycles. The zero-order chi connectivity index (χ0) is 26.7. The van der Waals surface area contributed by atoms with Crippen LogP contribution in [0.5, 0.6) is 0 Å². The Labute approximate surface area is 220 Å². The summed E-state index contributed by atoms with van der Waals surface area (Å²) in [6, 6.07) is 14.0. The van der Waals surface area contributed by atoms with Crippen molar-refractivity contribution in [2.75, 3.05) is 23.7 Å². The number of carbonyl (C=O) groups excluding carboxylic acids is 2. The van der Waals surface area contributed by atoms with Crippen LogP contribution in [0.15, 0.2) is 48.5 Å². The van der Waals surface area contributed by atoms with Crippen molar-refractivity contribution in [3.05, 3.63) is 64.7 Å². The molecule has 2 aromatic rings. The Hall–Kier alpha value is -2.58. The van der Waals surface area contributed by atoms with Crippen LogP contribution in [-0.4, -0.2) is 50.5 Å². The van der Waals surface area contributed by atoms with Crippen molar-refractivity contribution in [3.8, 4) is 0 Å². The summed E-state index contributed by atoms with van der Waals surface area (Å²) < 4.78 is 26.3. The van der Waals surface area contributed by atoms with Gasteiger partial charge in [0.25, 0.3) is 0 Å². The summed E-state index contributed by atoms with van der Waals surface area (Å²) in [5, 5.41) is 3.42. The second-order valence-corrected chi connectivity index (χ2v) is 11.1. The first-order chi connectivity index (χ1) is 17.1. The van der Waals surface area contributed by atoms with Crippen LogP contribution in [0.3, 0.4) is 0 Å². The highest BCUT2D eigenvalue weighted by Gasteiger charge is 2.29. The van der Waals surface area contributed by atoms with Gasteiger partial charge >= 0.3 is 0 Å². The Morgan fingerprint density at radius 1 is 1.03 bits per heavy atom. The Bertz CT molecular complexity index is 1110. The van der Waals surface area contributed by atoms with Gasteiger partial charge in [-0.05, 0) is 55.0 Å². The number of carbonyl (C=O) groups is 2. The van der Waals surface area contributed by atoms with Crippen molar-refractivity contribution in [1.82, 2.24) is 10.2 Å². The third-order valence-corrected chi connectivity index (χ3v) is 7.58. The van der Waals surface area contributed by atoms with Crippen LogP contribution in [-0.2, 0) is 32.6 Å². The van der Waals surface area contributed by atoms with Crippen LogP contribution in [0.4, 0.5) is 5.69 Å². The average Bonchev–Trinajstić information content (AvgIpc) is 2.85. The highest BCUT2D eigenvalue weighted by Crippen LogP contribution is 2.22. The van der Waals surface area contributed by atoms with Crippen molar-refractivity contribution in [3.63, 3.8) is 0 Å². The van der Waals surface area contributed by atoms with E-state index in [1.54, 1.807) is 23.1 Å². The van der Waals surface area contributed by atoms with E-state index < -0.39 is 16.1 Å². The van der Waals surface area contributed by atoms with E-state index in [9.17, 15) is 18.0 Å². The molecule has 0 bridgehead atoms. The highest BCUT2D eigenvalue weighted by atomic mass is 35.5. The van der Waals surface area contributed by atoms with Gasteiger partial charge in [0, 0.05) is 31.1 Å². The van der Waals surface area contributed by atoms with E-state index in [-0.39, 0.29) is 31.3 Å². The molecule has 0 saturated heterocycles. The molecule has 0 aliphatic heterocycles. The molecule has 9 heteroatoms. The maximum absolute atomic E-state index is 13.4. The maximum atomic E-state index is 13.4. The van der Waals surface area contributed by atoms with Gasteiger partial charge in [0.1, 0.15) is 6.04 Å². The van der Waals surface area contributed by atoms with E-state index >= 15 is 0 Å². The average molecular weight is 536 g/mol. The number of halogens is 1. The quantitative estimate of drug-likeness (QED) is 0.377. The predicted octanol–water partition coefficient (Wildman–Crippen LogP) is 4.78. The highest BCUT2D eigenvalue weighted by molar-refractivity contribution is 7.92. The number of anilines is 1. The van der Waals surface area contributed by atoms with Crippen molar-refractivity contribution < 1.29 is 18.0 Å². The maximum Gasteiger partial charge on any atom is 0.242 e. The van der Waals surface area contributed by atoms with E-state index in [0.717, 1.165) is 30.2 Å². The topological polar surface area (TPSA) is 86.8 Å². The molecule has 2 amide bonds. The molecule has 1 atom stereocenters. The molecule has 0 aliphatic rings. The standard InChI is InChI=1S/C27H38ClN3O4S/c1-5-18-29-27(33)25(7-3)30(20-22-11-8-9-12-24(22)28)26(32)13-10-19-31(36(4,34)35)23-16-14-21(6-2)15-17-23/h8-9,11-12,14-17,25H,5-7,10,13,18-20H2,1-4H3,(H,29,33)/t25-/m1/s1. The molecule has 36 heavy (non-hydrogen) atoms. The lowest BCUT2D eigenvalue weighted by Gasteiger charge is -2.31. The molecular weight excluding hydrogens is 498 g/mol. The number of hydrogen-bond acceptors (Lipinski definition) is 4. The molecule has 0 spiro atoms. The number of aryl methyl sites for hydroxylation is 1. The molecular formula is C27H38ClN3O4S. The van der Waals surface area contributed by atoms with E-state index in [4.69, 9.17) is 11.6 Å². The van der Waals surface area contributed by atoms with Crippen molar-refractivity contribution >= 4 is 39.1 Å². The Morgan fingerprint density at radius 2 is 1.69 bits per heavy atom. The lowest BCUT2D eigenvalue weighted by molar-refractivity contribution is -0.141. The summed E-state index contributed by atoms with van der Waals surface area (Å²) in [5.41, 5.74) is 2.44. The minimum Gasteiger partial charge on any atom is -0.354 e. The second kappa shape index (κ2) is 14.2. The smallest absolute Gasteiger partial charge is 0.242 e. The summed E-state index contributed by atoms with van der Waals surface area (Å²) in [6.45, 7) is 6.77. The molecule has 2 rings (SSSR count). The predicted molar refractivity (Wildman–Crippen MR) is 147 cm³/mol. The molecule has 1 N–H and O–H groups in total. The third-order valence-electron chi connectivity index (χ3n) is 6.02. The monoisotopic (exact) mass is 535 g/mol. The van der Waals surface area contributed by atoms with Gasteiger partial charge in [-0.15, -0.1) is 0 Å². The molecule has 0 saturated carbocycles. The second-order valence-electron chi connectivity index (χ2n) is 8.79. The van der Waals surface area contributed by atoms with Crippen molar-refractivity contribution in [1.29, 1.82) is 0 Å². The number of rotatable bonds is 14. The van der Waals surface area contributed by atoms with Gasteiger partial charge in [-0.1, -0.05) is 62.7 Å². The zero-order valence-electron chi connectivity index (χ0n) is 21.7. The van der Waals surface area contributed by atoms with Crippen LogP contribution in [0.1, 0.15) is 57.6 Å². The van der Waals surface area contributed by atoms with E-state index in [1.807, 2.05) is 51.1 Å². The number of sulfonamides is 1. The van der Waals surface area contributed by atoms with Crippen LogP contribution in [0, 0.1) is 0 Å². The number of amides is 2. The van der Waals surface area contributed by atoms with Crippen molar-refractivity contribution in [2.45, 2.75) is 65.5 Å². The van der Waals surface area contributed by atoms with Crippen molar-refractivity contribution in [2.24, 2.45) is 0 Å². The molecule has 0 radical (unpaired) electrons. The Balaban J connectivity index is 2.20. The van der Waals surface area contributed by atoms with E-state index in [1.165, 1.54) is 4.31 Å². The van der Waals surface area contributed by atoms with E-state index in [2.05, 4.69) is 5.32 Å². The van der Waals surface area contributed by atoms with Gasteiger partial charge in [-0.2, -0.15) is 0 Å². The summed E-state index contributed by atoms with van der Waals surface area (Å²) in [7, 11) is -3.53. The third kappa shape index (κ3) is 8.52. The largest absolute Gasteiger partial charge is 0.354 e. The van der Waals surface area contributed by atoms with Gasteiger partial charge in [-0.3, -0.25) is 13.9 Å². The molecule has 2 aromatic carbocycles. The normalized spacial score (nSPS) is 12.1. The number of hydrogen-bond donors (Lipinski definition) is 1. The molecule has 0 unspecified atom stereocenters. The molecule has 0 aromatic heterocycles. The summed E-state index contributed by atoms with van der Waals surface area (Å²) in [4.78, 5) is 27.9. The summed E-state index contributed by atoms with van der Waals surface area (Å²) >= 11 is 6.36.